The largest absolute Gasteiger partial charge is 0.429 e. The van der Waals surface area contributed by atoms with Crippen molar-refractivity contribution in [3.8, 4) is 0 Å². The fraction of sp³-hybridized carbons (Fsp3) is 0.308. The number of hydrogen-bond acceptors (Lipinski definition) is 1. The normalized spacial score (nSPS) is 14.5. The van der Waals surface area contributed by atoms with Gasteiger partial charge in [-0.1, -0.05) is 36.4 Å². The van der Waals surface area contributed by atoms with E-state index in [1.54, 1.807) is 31.2 Å². The smallest absolute Gasteiger partial charge is 0.277 e. The molecule has 0 saturated heterocycles. The molecule has 17 heavy (non-hydrogen) atoms. The summed E-state index contributed by atoms with van der Waals surface area (Å²) < 4.78 is 37.8. The predicted octanol–water partition coefficient (Wildman–Crippen LogP) is 4.33. The summed E-state index contributed by atoms with van der Waals surface area (Å²) in [4.78, 5) is 3.73. The highest BCUT2D eigenvalue weighted by Gasteiger charge is 2.34. The fourth-order valence-electron chi connectivity index (χ4n) is 1.42. The van der Waals surface area contributed by atoms with Gasteiger partial charge in [0, 0.05) is 6.42 Å². The Kier molecular flexibility index (Phi) is 4.49. The topological polar surface area (TPSA) is 12.4 Å². The molecule has 0 aliphatic rings. The third-order valence-electron chi connectivity index (χ3n) is 2.30. The summed E-state index contributed by atoms with van der Waals surface area (Å²) in [6.45, 7) is 4.96. The van der Waals surface area contributed by atoms with Gasteiger partial charge in [-0.15, -0.1) is 6.58 Å². The van der Waals surface area contributed by atoms with Crippen LogP contribution in [-0.4, -0.2) is 11.9 Å². The molecule has 1 rings (SSSR count). The van der Waals surface area contributed by atoms with E-state index in [0.29, 0.717) is 0 Å². The second kappa shape index (κ2) is 5.66. The first-order valence-electron chi connectivity index (χ1n) is 5.25. The van der Waals surface area contributed by atoms with E-state index < -0.39 is 17.9 Å². The molecular weight excluding hydrogens is 227 g/mol. The number of benzene rings is 1. The van der Waals surface area contributed by atoms with Crippen molar-refractivity contribution >= 4 is 5.71 Å². The highest BCUT2D eigenvalue weighted by molar-refractivity contribution is 5.91. The maximum Gasteiger partial charge on any atom is 0.429 e. The lowest BCUT2D eigenvalue weighted by Gasteiger charge is -2.13. The van der Waals surface area contributed by atoms with Crippen molar-refractivity contribution in [2.75, 3.05) is 0 Å². The Bertz CT molecular complexity index is 393. The molecule has 0 N–H and O–H groups in total. The number of aliphatic imine (C=N–C) groups is 1. The van der Waals surface area contributed by atoms with Crippen LogP contribution in [0, 0.1) is 0 Å². The number of alkyl halides is 3. The highest BCUT2D eigenvalue weighted by Crippen LogP contribution is 2.24. The summed E-state index contributed by atoms with van der Waals surface area (Å²) in [5.74, 6) is 0. The van der Waals surface area contributed by atoms with Gasteiger partial charge in [0.05, 0.1) is 6.04 Å². The highest BCUT2D eigenvalue weighted by atomic mass is 19.4. The van der Waals surface area contributed by atoms with Crippen LogP contribution in [0.1, 0.15) is 24.9 Å². The third kappa shape index (κ3) is 4.06. The number of hydrogen-bond donors (Lipinski definition) is 0. The summed E-state index contributed by atoms with van der Waals surface area (Å²) in [6, 6.07) is 8.39. The summed E-state index contributed by atoms with van der Waals surface area (Å²) in [6.07, 6.45) is -3.44. The van der Waals surface area contributed by atoms with E-state index in [1.165, 1.54) is 6.08 Å². The van der Waals surface area contributed by atoms with Crippen LogP contribution in [0.25, 0.3) is 0 Å². The second-order valence-corrected chi connectivity index (χ2v) is 3.65. The van der Waals surface area contributed by atoms with E-state index in [1.807, 2.05) is 6.07 Å². The number of allylic oxidation sites excluding steroid dienone is 1. The zero-order valence-corrected chi connectivity index (χ0v) is 9.54. The summed E-state index contributed by atoms with van der Waals surface area (Å²) in [5.41, 5.74) is -0.0258. The van der Waals surface area contributed by atoms with Crippen molar-refractivity contribution < 1.29 is 13.2 Å². The van der Waals surface area contributed by atoms with Gasteiger partial charge in [-0.3, -0.25) is 4.99 Å². The Hall–Kier alpha value is -1.58. The molecule has 1 nitrogen and oxygen atoms in total. The van der Waals surface area contributed by atoms with E-state index in [0.717, 1.165) is 5.56 Å². The average molecular weight is 241 g/mol. The van der Waals surface area contributed by atoms with E-state index in [9.17, 15) is 13.2 Å². The number of nitrogens with zero attached hydrogens (tertiary/aromatic N) is 1. The van der Waals surface area contributed by atoms with Gasteiger partial charge in [0.2, 0.25) is 0 Å². The first-order valence-corrected chi connectivity index (χ1v) is 5.25. The van der Waals surface area contributed by atoms with Gasteiger partial charge in [-0.05, 0) is 12.5 Å². The van der Waals surface area contributed by atoms with Crippen molar-refractivity contribution in [1.29, 1.82) is 0 Å². The summed E-state index contributed by atoms with van der Waals surface area (Å²) in [5, 5.41) is 0. The van der Waals surface area contributed by atoms with Crippen LogP contribution in [0.4, 0.5) is 13.2 Å². The second-order valence-electron chi connectivity index (χ2n) is 3.65. The molecule has 0 aliphatic carbocycles. The molecule has 1 aromatic rings. The molecule has 4 heteroatoms. The van der Waals surface area contributed by atoms with Crippen LogP contribution < -0.4 is 0 Å². The third-order valence-corrected chi connectivity index (χ3v) is 2.30. The molecule has 92 valence electrons. The van der Waals surface area contributed by atoms with Crippen LogP contribution in [0.3, 0.4) is 0 Å². The van der Waals surface area contributed by atoms with Crippen LogP contribution in [0.2, 0.25) is 0 Å². The molecule has 0 fully saturated rings. The van der Waals surface area contributed by atoms with Gasteiger partial charge in [0.25, 0.3) is 0 Å². The Morgan fingerprint density at radius 1 is 1.35 bits per heavy atom. The Morgan fingerprint density at radius 3 is 2.41 bits per heavy atom. The Balaban J connectivity index is 2.95. The molecule has 0 radical (unpaired) electrons. The minimum Gasteiger partial charge on any atom is -0.277 e. The Morgan fingerprint density at radius 2 is 1.94 bits per heavy atom. The SMILES string of the molecule is C=CC/C(=N\C(C)c1ccccc1)C(F)(F)F. The van der Waals surface area contributed by atoms with Crippen LogP contribution in [0.15, 0.2) is 48.0 Å². The lowest BCUT2D eigenvalue weighted by atomic mass is 10.1. The lowest BCUT2D eigenvalue weighted by Crippen LogP contribution is -2.23. The molecule has 0 aromatic heterocycles. The minimum atomic E-state index is -4.39. The average Bonchev–Trinajstić information content (AvgIpc) is 2.28. The molecule has 1 unspecified atom stereocenters. The van der Waals surface area contributed by atoms with Crippen LogP contribution in [-0.2, 0) is 0 Å². The maximum atomic E-state index is 12.6. The first kappa shape index (κ1) is 13.5. The van der Waals surface area contributed by atoms with Gasteiger partial charge < -0.3 is 0 Å². The lowest BCUT2D eigenvalue weighted by molar-refractivity contribution is -0.0603. The molecule has 0 amide bonds. The molecule has 0 saturated carbocycles. The molecule has 0 aliphatic heterocycles. The van der Waals surface area contributed by atoms with Crippen molar-refractivity contribution in [3.63, 3.8) is 0 Å². The summed E-state index contributed by atoms with van der Waals surface area (Å²) >= 11 is 0. The fourth-order valence-corrected chi connectivity index (χ4v) is 1.42. The molecule has 0 bridgehead atoms. The standard InChI is InChI=1S/C13H14F3N/c1-3-7-12(13(14,15)16)17-10(2)11-8-5-4-6-9-11/h3-6,8-10H,1,7H2,2H3/b17-12+. The quantitative estimate of drug-likeness (QED) is 0.549. The van der Waals surface area contributed by atoms with E-state index >= 15 is 0 Å². The predicted molar refractivity (Wildman–Crippen MR) is 63.2 cm³/mol. The number of halogens is 3. The van der Waals surface area contributed by atoms with Gasteiger partial charge in [0.15, 0.2) is 0 Å². The van der Waals surface area contributed by atoms with Crippen LogP contribution >= 0.6 is 0 Å². The molecule has 0 spiro atoms. The molecular formula is C13H14F3N. The van der Waals surface area contributed by atoms with Gasteiger partial charge in [-0.25, -0.2) is 0 Å². The zero-order chi connectivity index (χ0) is 12.9. The van der Waals surface area contributed by atoms with Gasteiger partial charge in [0.1, 0.15) is 5.71 Å². The van der Waals surface area contributed by atoms with Crippen LogP contribution in [0.5, 0.6) is 0 Å². The van der Waals surface area contributed by atoms with Crippen molar-refractivity contribution in [1.82, 2.24) is 0 Å². The molecule has 0 heterocycles. The van der Waals surface area contributed by atoms with E-state index in [2.05, 4.69) is 11.6 Å². The molecule has 1 atom stereocenters. The van der Waals surface area contributed by atoms with Crippen molar-refractivity contribution in [2.45, 2.75) is 25.6 Å². The first-order chi connectivity index (χ1) is 7.95. The van der Waals surface area contributed by atoms with Crippen molar-refractivity contribution in [3.05, 3.63) is 48.6 Å². The molecule has 1 aromatic carbocycles. The van der Waals surface area contributed by atoms with E-state index in [-0.39, 0.29) is 6.42 Å². The zero-order valence-electron chi connectivity index (χ0n) is 9.54. The monoisotopic (exact) mass is 241 g/mol. The summed E-state index contributed by atoms with van der Waals surface area (Å²) in [7, 11) is 0. The van der Waals surface area contributed by atoms with Gasteiger partial charge >= 0.3 is 6.18 Å². The van der Waals surface area contributed by atoms with E-state index in [4.69, 9.17) is 0 Å². The number of rotatable bonds is 4. The minimum absolute atomic E-state index is 0.263. The maximum absolute atomic E-state index is 12.6. The Labute approximate surface area is 98.7 Å². The van der Waals surface area contributed by atoms with Crippen molar-refractivity contribution in [2.24, 2.45) is 4.99 Å². The van der Waals surface area contributed by atoms with Gasteiger partial charge in [-0.2, -0.15) is 13.2 Å².